The Morgan fingerprint density at radius 2 is 1.55 bits per heavy atom. The predicted octanol–water partition coefficient (Wildman–Crippen LogP) is 5.31. The minimum Gasteiger partial charge on any atom is -0.497 e. The van der Waals surface area contributed by atoms with Crippen molar-refractivity contribution in [3.8, 4) is 5.75 Å². The van der Waals surface area contributed by atoms with Gasteiger partial charge in [-0.3, -0.25) is 4.90 Å². The molecule has 13 heteroatoms. The van der Waals surface area contributed by atoms with Crippen LogP contribution in [-0.4, -0.2) is 81.6 Å². The minimum absolute atomic E-state index is 0.0739. The number of amides is 1. The minimum atomic E-state index is -1.04. The topological polar surface area (TPSA) is 136 Å². The quantitative estimate of drug-likeness (QED) is 0.225. The van der Waals surface area contributed by atoms with Gasteiger partial charge < -0.3 is 28.4 Å². The van der Waals surface area contributed by atoms with Gasteiger partial charge in [-0.05, 0) is 83.4 Å². The van der Waals surface area contributed by atoms with Crippen molar-refractivity contribution >= 4 is 41.0 Å². The summed E-state index contributed by atoms with van der Waals surface area (Å²) in [5.41, 5.74) is 1.58. The number of nitrogens with zero attached hydrogens (tertiary/aromatic N) is 3. The van der Waals surface area contributed by atoms with Gasteiger partial charge >= 0.3 is 18.2 Å². The second kappa shape index (κ2) is 13.8. The van der Waals surface area contributed by atoms with Crippen LogP contribution in [0.25, 0.3) is 11.0 Å². The fourth-order valence-electron chi connectivity index (χ4n) is 4.63. The summed E-state index contributed by atoms with van der Waals surface area (Å²) in [5, 5.41) is 0. The lowest BCUT2D eigenvalue weighted by molar-refractivity contribution is -0.161. The third kappa shape index (κ3) is 9.26. The Morgan fingerprint density at radius 3 is 2.20 bits per heavy atom. The highest BCUT2D eigenvalue weighted by molar-refractivity contribution is 7.00. The lowest BCUT2D eigenvalue weighted by atomic mass is 10.0. The number of esters is 1. The van der Waals surface area contributed by atoms with Gasteiger partial charge in [0.2, 0.25) is 0 Å². The summed E-state index contributed by atoms with van der Waals surface area (Å²) in [7, 11) is 1.57. The van der Waals surface area contributed by atoms with Crippen molar-refractivity contribution in [1.82, 2.24) is 13.6 Å². The van der Waals surface area contributed by atoms with Crippen molar-refractivity contribution in [2.75, 3.05) is 20.3 Å². The molecule has 1 fully saturated rings. The van der Waals surface area contributed by atoms with Crippen LogP contribution in [0.3, 0.4) is 0 Å². The van der Waals surface area contributed by atoms with E-state index in [0.29, 0.717) is 5.75 Å². The molecular weight excluding hydrogens is 590 g/mol. The average molecular weight is 630 g/mol. The van der Waals surface area contributed by atoms with E-state index in [4.69, 9.17) is 28.4 Å². The molecule has 4 rings (SSSR count). The molecule has 1 saturated heterocycles. The van der Waals surface area contributed by atoms with Crippen LogP contribution in [0.4, 0.5) is 9.59 Å². The zero-order valence-electron chi connectivity index (χ0n) is 26.0. The van der Waals surface area contributed by atoms with Crippen LogP contribution in [0, 0.1) is 0 Å². The lowest BCUT2D eigenvalue weighted by Crippen LogP contribution is -2.45. The smallest absolute Gasteiger partial charge is 0.497 e. The van der Waals surface area contributed by atoms with Gasteiger partial charge in [0.15, 0.2) is 12.2 Å². The summed E-state index contributed by atoms with van der Waals surface area (Å²) in [6, 6.07) is 12.1. The van der Waals surface area contributed by atoms with E-state index in [0.717, 1.165) is 33.9 Å². The number of hydrogen-bond donors (Lipinski definition) is 0. The summed E-state index contributed by atoms with van der Waals surface area (Å²) < 4.78 is 41.9. The van der Waals surface area contributed by atoms with Crippen molar-refractivity contribution in [1.29, 1.82) is 0 Å². The molecule has 0 saturated carbocycles. The third-order valence-corrected chi connectivity index (χ3v) is 7.02. The van der Waals surface area contributed by atoms with Crippen molar-refractivity contribution < 1.29 is 42.8 Å². The molecule has 0 N–H and O–H groups in total. The van der Waals surface area contributed by atoms with Gasteiger partial charge in [0.05, 0.1) is 38.0 Å². The molecule has 3 atom stereocenters. The maximum absolute atomic E-state index is 13.4. The van der Waals surface area contributed by atoms with Crippen molar-refractivity contribution in [3.63, 3.8) is 0 Å². The Hall–Kier alpha value is -3.97. The van der Waals surface area contributed by atoms with E-state index in [2.05, 4.69) is 8.75 Å². The molecule has 0 unspecified atom stereocenters. The second-order valence-corrected chi connectivity index (χ2v) is 12.9. The molecule has 3 aromatic rings. The summed E-state index contributed by atoms with van der Waals surface area (Å²) >= 11 is 1.12. The number of carbonyl (C=O) groups is 3. The normalized spacial score (nSPS) is 18.6. The standard InChI is InChI=1S/C31H39N3O9S/c1-30(2,3)42-28(36)34-16-25(40-29(37)43-31(4,5)6)27(24(34)15-19-8-11-21(38-7)12-9-19)41-26(35)18-39-17-20-10-13-22-23(14-20)33-44-32-22/h8-14,24-25,27H,15-18H2,1-7H3/t24-,25+,27+/m1/s1. The van der Waals surface area contributed by atoms with E-state index < -0.39 is 47.7 Å². The van der Waals surface area contributed by atoms with Gasteiger partial charge in [-0.1, -0.05) is 18.2 Å². The van der Waals surface area contributed by atoms with Crippen LogP contribution < -0.4 is 4.74 Å². The van der Waals surface area contributed by atoms with Crippen molar-refractivity contribution in [2.45, 2.75) is 84.0 Å². The SMILES string of the molecule is COc1ccc(C[C@@H]2[C@H](OC(=O)COCc3ccc4nsnc4c3)[C@@H](OC(=O)OC(C)(C)C)CN2C(=O)OC(C)(C)C)cc1. The number of benzene rings is 2. The highest BCUT2D eigenvalue weighted by Gasteiger charge is 2.50. The summed E-state index contributed by atoms with van der Waals surface area (Å²) in [6.07, 6.45) is -3.36. The predicted molar refractivity (Wildman–Crippen MR) is 161 cm³/mol. The average Bonchev–Trinajstić information content (AvgIpc) is 3.52. The van der Waals surface area contributed by atoms with Crippen LogP contribution in [0.2, 0.25) is 0 Å². The molecule has 12 nitrogen and oxygen atoms in total. The van der Waals surface area contributed by atoms with Gasteiger partial charge in [-0.2, -0.15) is 8.75 Å². The van der Waals surface area contributed by atoms with E-state index in [-0.39, 0.29) is 26.2 Å². The maximum Gasteiger partial charge on any atom is 0.509 e. The number of aromatic nitrogens is 2. The van der Waals surface area contributed by atoms with Crippen molar-refractivity contribution in [3.05, 3.63) is 53.6 Å². The Balaban J connectivity index is 1.54. The zero-order valence-corrected chi connectivity index (χ0v) is 26.8. The highest BCUT2D eigenvalue weighted by atomic mass is 32.1. The molecule has 2 aromatic carbocycles. The number of hydrogen-bond acceptors (Lipinski definition) is 12. The second-order valence-electron chi connectivity index (χ2n) is 12.4. The van der Waals surface area contributed by atoms with Crippen LogP contribution in [0.1, 0.15) is 52.7 Å². The molecule has 0 bridgehead atoms. The van der Waals surface area contributed by atoms with Crippen LogP contribution >= 0.6 is 11.7 Å². The molecule has 1 aliphatic heterocycles. The van der Waals surface area contributed by atoms with Crippen LogP contribution in [0.15, 0.2) is 42.5 Å². The first-order valence-electron chi connectivity index (χ1n) is 14.2. The monoisotopic (exact) mass is 629 g/mol. The van der Waals surface area contributed by atoms with Crippen LogP contribution in [-0.2, 0) is 41.5 Å². The number of ether oxygens (including phenoxy) is 6. The Morgan fingerprint density at radius 1 is 0.886 bits per heavy atom. The molecule has 1 aliphatic rings. The molecule has 238 valence electrons. The Bertz CT molecular complexity index is 1450. The lowest BCUT2D eigenvalue weighted by Gasteiger charge is -2.30. The summed E-state index contributed by atoms with van der Waals surface area (Å²) in [5.74, 6) is -0.0180. The van der Waals surface area contributed by atoms with E-state index in [1.165, 1.54) is 4.90 Å². The zero-order chi connectivity index (χ0) is 32.1. The largest absolute Gasteiger partial charge is 0.509 e. The van der Waals surface area contributed by atoms with E-state index in [1.54, 1.807) is 60.8 Å². The van der Waals surface area contributed by atoms with Gasteiger partial charge in [0, 0.05) is 0 Å². The first-order valence-corrected chi connectivity index (χ1v) is 14.9. The van der Waals surface area contributed by atoms with E-state index in [1.807, 2.05) is 30.3 Å². The molecule has 0 aliphatic carbocycles. The molecule has 2 heterocycles. The molecule has 44 heavy (non-hydrogen) atoms. The summed E-state index contributed by atoms with van der Waals surface area (Å²) in [4.78, 5) is 40.7. The molecule has 0 radical (unpaired) electrons. The molecular formula is C31H39N3O9S. The van der Waals surface area contributed by atoms with Crippen molar-refractivity contribution in [2.24, 2.45) is 0 Å². The fraction of sp³-hybridized carbons (Fsp3) is 0.516. The number of likely N-dealkylation sites (tertiary alicyclic amines) is 1. The number of fused-ring (bicyclic) bond motifs is 1. The third-order valence-electron chi connectivity index (χ3n) is 6.47. The number of rotatable bonds is 9. The highest BCUT2D eigenvalue weighted by Crippen LogP contribution is 2.30. The van der Waals surface area contributed by atoms with Gasteiger partial charge in [-0.15, -0.1) is 0 Å². The Kier molecular flexibility index (Phi) is 10.3. The maximum atomic E-state index is 13.4. The van der Waals surface area contributed by atoms with Gasteiger partial charge in [0.1, 0.15) is 34.6 Å². The molecule has 1 aromatic heterocycles. The van der Waals surface area contributed by atoms with Crippen LogP contribution in [0.5, 0.6) is 5.75 Å². The van der Waals surface area contributed by atoms with E-state index >= 15 is 0 Å². The number of methoxy groups -OCH3 is 1. The van der Waals surface area contributed by atoms with E-state index in [9.17, 15) is 14.4 Å². The molecule has 0 spiro atoms. The first kappa shape index (κ1) is 32.9. The Labute approximate surface area is 260 Å². The molecule has 1 amide bonds. The fourth-order valence-corrected chi connectivity index (χ4v) is 5.15. The van der Waals surface area contributed by atoms with Gasteiger partial charge in [-0.25, -0.2) is 14.4 Å². The summed E-state index contributed by atoms with van der Waals surface area (Å²) in [6.45, 7) is 10.1. The van der Waals surface area contributed by atoms with Gasteiger partial charge in [0.25, 0.3) is 0 Å². The first-order chi connectivity index (χ1) is 20.7. The number of carbonyl (C=O) groups excluding carboxylic acids is 3.